The monoisotopic (exact) mass is 409 g/mol. The standard InChI is InChI=1S/C16H29NO7P2/c1-7-21-25(19,22-8-2)15-12-11-14(13(5)18)16(17(15)6)26(20,23-9-3)24-10-4/h11-12,16H,7-10H2,1-6H3. The van der Waals surface area contributed by atoms with Crippen molar-refractivity contribution in [2.75, 3.05) is 33.5 Å². The van der Waals surface area contributed by atoms with Gasteiger partial charge in [0.25, 0.3) is 0 Å². The number of allylic oxidation sites excluding steroid dienone is 2. The number of Topliss-reactive ketones (excluding diaryl/α,β-unsaturated/α-hetero) is 1. The number of hydrogen-bond acceptors (Lipinski definition) is 8. The minimum Gasteiger partial charge on any atom is -0.350 e. The van der Waals surface area contributed by atoms with E-state index in [-0.39, 0.29) is 43.2 Å². The van der Waals surface area contributed by atoms with Crippen molar-refractivity contribution in [3.8, 4) is 0 Å². The van der Waals surface area contributed by atoms with Gasteiger partial charge in [0, 0.05) is 12.6 Å². The van der Waals surface area contributed by atoms with E-state index in [1.165, 1.54) is 24.0 Å². The quantitative estimate of drug-likeness (QED) is 0.470. The van der Waals surface area contributed by atoms with Crippen LogP contribution in [0, 0.1) is 0 Å². The van der Waals surface area contributed by atoms with Crippen LogP contribution >= 0.6 is 15.2 Å². The summed E-state index contributed by atoms with van der Waals surface area (Å²) in [6, 6.07) is 0. The number of carbonyl (C=O) groups is 1. The van der Waals surface area contributed by atoms with Crippen LogP contribution in [-0.2, 0) is 32.0 Å². The van der Waals surface area contributed by atoms with E-state index in [0.717, 1.165) is 0 Å². The molecule has 1 heterocycles. The Hall–Kier alpha value is -0.750. The molecule has 1 aliphatic rings. The maximum atomic E-state index is 13.4. The van der Waals surface area contributed by atoms with Crippen LogP contribution in [-0.4, -0.2) is 49.9 Å². The Morgan fingerprint density at radius 3 is 1.81 bits per heavy atom. The Morgan fingerprint density at radius 2 is 1.42 bits per heavy atom. The predicted molar refractivity (Wildman–Crippen MR) is 100 cm³/mol. The van der Waals surface area contributed by atoms with Gasteiger partial charge in [-0.3, -0.25) is 13.9 Å². The summed E-state index contributed by atoms with van der Waals surface area (Å²) in [5.74, 6) is -1.31. The molecule has 0 radical (unpaired) electrons. The van der Waals surface area contributed by atoms with Gasteiger partial charge in [-0.1, -0.05) is 6.08 Å². The molecule has 150 valence electrons. The number of hydrogen-bond donors (Lipinski definition) is 0. The molecule has 0 amide bonds. The van der Waals surface area contributed by atoms with Crippen molar-refractivity contribution in [2.45, 2.75) is 40.4 Å². The molecule has 0 bridgehead atoms. The van der Waals surface area contributed by atoms with E-state index in [2.05, 4.69) is 0 Å². The molecule has 10 heteroatoms. The number of nitrogens with zero attached hydrogens (tertiary/aromatic N) is 1. The van der Waals surface area contributed by atoms with E-state index in [9.17, 15) is 13.9 Å². The Morgan fingerprint density at radius 1 is 0.962 bits per heavy atom. The first kappa shape index (κ1) is 23.3. The largest absolute Gasteiger partial charge is 0.377 e. The summed E-state index contributed by atoms with van der Waals surface area (Å²) in [4.78, 5) is 13.6. The molecule has 0 saturated heterocycles. The minimum atomic E-state index is -3.74. The Bertz CT molecular complexity index is 639. The van der Waals surface area contributed by atoms with Gasteiger partial charge in [0.1, 0.15) is 5.44 Å². The van der Waals surface area contributed by atoms with E-state index in [1.807, 2.05) is 0 Å². The summed E-state index contributed by atoms with van der Waals surface area (Å²) in [5.41, 5.74) is 0.455. The van der Waals surface area contributed by atoms with Crippen LogP contribution in [0.4, 0.5) is 0 Å². The van der Waals surface area contributed by atoms with Gasteiger partial charge < -0.3 is 23.0 Å². The normalized spacial score (nSPS) is 18.5. The lowest BCUT2D eigenvalue weighted by Gasteiger charge is -2.39. The number of ketones is 1. The van der Waals surface area contributed by atoms with Crippen LogP contribution in [0.5, 0.6) is 0 Å². The third-order valence-electron chi connectivity index (χ3n) is 3.62. The molecule has 0 N–H and O–H groups in total. The van der Waals surface area contributed by atoms with Crippen molar-refractivity contribution in [1.29, 1.82) is 0 Å². The summed E-state index contributed by atoms with van der Waals surface area (Å²) in [6.45, 7) is 8.78. The summed E-state index contributed by atoms with van der Waals surface area (Å²) in [5, 5.41) is 0. The second-order valence-corrected chi connectivity index (χ2v) is 9.45. The molecule has 8 nitrogen and oxygen atoms in total. The lowest BCUT2D eigenvalue weighted by molar-refractivity contribution is -0.114. The highest BCUT2D eigenvalue weighted by Crippen LogP contribution is 2.64. The van der Waals surface area contributed by atoms with Gasteiger partial charge in [0.2, 0.25) is 0 Å². The number of carbonyl (C=O) groups excluding carboxylic acids is 1. The van der Waals surface area contributed by atoms with Crippen LogP contribution in [0.15, 0.2) is 23.2 Å². The Balaban J connectivity index is 3.51. The van der Waals surface area contributed by atoms with E-state index in [4.69, 9.17) is 18.1 Å². The molecule has 26 heavy (non-hydrogen) atoms. The fourth-order valence-electron chi connectivity index (χ4n) is 2.72. The lowest BCUT2D eigenvalue weighted by Crippen LogP contribution is -2.38. The highest BCUT2D eigenvalue weighted by atomic mass is 31.2. The highest BCUT2D eigenvalue weighted by Gasteiger charge is 2.48. The van der Waals surface area contributed by atoms with E-state index >= 15 is 0 Å². The van der Waals surface area contributed by atoms with Crippen molar-refractivity contribution in [2.24, 2.45) is 0 Å². The molecule has 0 saturated carbocycles. The minimum absolute atomic E-state index is 0.139. The predicted octanol–water partition coefficient (Wildman–Crippen LogP) is 4.15. The van der Waals surface area contributed by atoms with Gasteiger partial charge >= 0.3 is 15.2 Å². The summed E-state index contributed by atoms with van der Waals surface area (Å²) < 4.78 is 48.3. The summed E-state index contributed by atoms with van der Waals surface area (Å²) in [6.07, 6.45) is 2.99. The van der Waals surface area contributed by atoms with Crippen LogP contribution in [0.3, 0.4) is 0 Å². The average Bonchev–Trinajstić information content (AvgIpc) is 2.54. The van der Waals surface area contributed by atoms with Crippen molar-refractivity contribution < 1.29 is 32.0 Å². The smallest absolute Gasteiger partial charge is 0.350 e. The first-order valence-corrected chi connectivity index (χ1v) is 11.8. The molecule has 1 unspecified atom stereocenters. The second kappa shape index (κ2) is 9.98. The van der Waals surface area contributed by atoms with Crippen LogP contribution in [0.25, 0.3) is 0 Å². The molecule has 0 aromatic rings. The SMILES string of the molecule is CCOP(=O)(OCC)C1=CC=C(C(C)=O)C(P(=O)(OCC)OCC)N1C. The van der Waals surface area contributed by atoms with Gasteiger partial charge in [0.05, 0.1) is 26.4 Å². The lowest BCUT2D eigenvalue weighted by atomic mass is 10.1. The number of likely N-dealkylation sites (N-methyl/N-ethyl adjacent to an activating group) is 1. The van der Waals surface area contributed by atoms with Gasteiger partial charge in [0.15, 0.2) is 11.6 Å². The van der Waals surface area contributed by atoms with Crippen molar-refractivity contribution >= 4 is 21.0 Å². The third kappa shape index (κ3) is 4.94. The van der Waals surface area contributed by atoms with Gasteiger partial charge in [-0.2, -0.15) is 0 Å². The molecular formula is C16H29NO7P2. The van der Waals surface area contributed by atoms with Gasteiger partial charge in [-0.05, 0) is 40.7 Å². The fraction of sp³-hybridized carbons (Fsp3) is 0.688. The van der Waals surface area contributed by atoms with E-state index < -0.39 is 21.0 Å². The first-order valence-electron chi connectivity index (χ1n) is 8.64. The van der Waals surface area contributed by atoms with Crippen LogP contribution < -0.4 is 0 Å². The van der Waals surface area contributed by atoms with E-state index in [1.54, 1.807) is 34.7 Å². The van der Waals surface area contributed by atoms with Crippen molar-refractivity contribution in [3.63, 3.8) is 0 Å². The summed E-state index contributed by atoms with van der Waals surface area (Å²) in [7, 11) is -5.82. The van der Waals surface area contributed by atoms with Crippen LogP contribution in [0.1, 0.15) is 34.6 Å². The maximum absolute atomic E-state index is 13.4. The summed E-state index contributed by atoms with van der Waals surface area (Å²) >= 11 is 0. The molecule has 1 rings (SSSR count). The first-order chi connectivity index (χ1) is 12.2. The fourth-order valence-corrected chi connectivity index (χ4v) is 6.82. The topological polar surface area (TPSA) is 91.4 Å². The molecule has 0 aromatic carbocycles. The zero-order valence-corrected chi connectivity index (χ0v) is 18.0. The Kier molecular flexibility index (Phi) is 8.94. The molecule has 0 spiro atoms. The number of rotatable bonds is 11. The molecular weight excluding hydrogens is 380 g/mol. The molecule has 1 aliphatic heterocycles. The van der Waals surface area contributed by atoms with Crippen molar-refractivity contribution in [1.82, 2.24) is 4.90 Å². The zero-order valence-electron chi connectivity index (χ0n) is 16.3. The third-order valence-corrected chi connectivity index (χ3v) is 8.30. The average molecular weight is 409 g/mol. The van der Waals surface area contributed by atoms with E-state index in [0.29, 0.717) is 0 Å². The van der Waals surface area contributed by atoms with Gasteiger partial charge in [-0.25, -0.2) is 0 Å². The van der Waals surface area contributed by atoms with Gasteiger partial charge in [-0.15, -0.1) is 0 Å². The van der Waals surface area contributed by atoms with Crippen molar-refractivity contribution in [3.05, 3.63) is 23.2 Å². The molecule has 0 fully saturated rings. The Labute approximate surface area is 155 Å². The second-order valence-electron chi connectivity index (χ2n) is 5.40. The highest BCUT2D eigenvalue weighted by molar-refractivity contribution is 7.58. The molecule has 0 aliphatic carbocycles. The zero-order chi connectivity index (χ0) is 20.0. The van der Waals surface area contributed by atoms with Crippen LogP contribution in [0.2, 0.25) is 0 Å². The molecule has 0 aromatic heterocycles. The molecule has 1 atom stereocenters. The maximum Gasteiger partial charge on any atom is 0.377 e.